The van der Waals surface area contributed by atoms with Crippen LogP contribution in [-0.2, 0) is 21.7 Å². The Hall–Kier alpha value is -8.24. The molecule has 0 fully saturated rings. The zero-order chi connectivity index (χ0) is 59.9. The summed E-state index contributed by atoms with van der Waals surface area (Å²) >= 11 is 0. The van der Waals surface area contributed by atoms with Crippen LogP contribution in [0.25, 0.3) is 43.1 Å². The van der Waals surface area contributed by atoms with Crippen molar-refractivity contribution in [2.24, 2.45) is 0 Å². The van der Waals surface area contributed by atoms with Gasteiger partial charge in [-0.3, -0.25) is 29.0 Å². The third-order valence-electron chi connectivity index (χ3n) is 16.8. The summed E-state index contributed by atoms with van der Waals surface area (Å²) in [5.41, 5.74) is 4.93. The lowest BCUT2D eigenvalue weighted by Gasteiger charge is -2.32. The van der Waals surface area contributed by atoms with E-state index in [0.29, 0.717) is 102 Å². The van der Waals surface area contributed by atoms with Crippen molar-refractivity contribution in [3.63, 3.8) is 0 Å². The van der Waals surface area contributed by atoms with Gasteiger partial charge in [-0.25, -0.2) is 0 Å². The second-order valence-corrected chi connectivity index (χ2v) is 27.1. The van der Waals surface area contributed by atoms with Gasteiger partial charge in [0.1, 0.15) is 46.0 Å². The SMILES string of the molecule is CCCCCN1C(=O)c2cc(Oc3ccc(C(C)(C)C)cc3)c3c4c(Oc5ccc(C(C)(C)C)cc5)cc5c6c(cc(Oc7ccc(C(C)(C)C)cc7)c(c7c(Oc8ccc(C(C)(C)C)cc8)cc(c2c37)C1=O)c64)C(=O)N(CCCCC)C5=O. The summed E-state index contributed by atoms with van der Waals surface area (Å²) in [6, 6.07) is 38.9. The third kappa shape index (κ3) is 10.4. The molecule has 0 atom stereocenters. The van der Waals surface area contributed by atoms with E-state index in [9.17, 15) is 0 Å². The van der Waals surface area contributed by atoms with Gasteiger partial charge in [0.05, 0.1) is 22.3 Å². The minimum Gasteiger partial charge on any atom is -0.457 e. The van der Waals surface area contributed by atoms with Gasteiger partial charge >= 0.3 is 0 Å². The molecule has 2 heterocycles. The van der Waals surface area contributed by atoms with Crippen molar-refractivity contribution in [1.29, 1.82) is 0 Å². The molecule has 0 unspecified atom stereocenters. The van der Waals surface area contributed by atoms with Crippen molar-refractivity contribution < 1.29 is 38.1 Å². The first kappa shape index (κ1) is 57.6. The highest BCUT2D eigenvalue weighted by atomic mass is 16.5. The summed E-state index contributed by atoms with van der Waals surface area (Å²) < 4.78 is 29.0. The van der Waals surface area contributed by atoms with Gasteiger partial charge in [0, 0.05) is 56.2 Å². The fourth-order valence-electron chi connectivity index (χ4n) is 12.0. The van der Waals surface area contributed by atoms with Crippen LogP contribution in [0.4, 0.5) is 0 Å². The molecule has 432 valence electrons. The van der Waals surface area contributed by atoms with Crippen LogP contribution < -0.4 is 18.9 Å². The van der Waals surface area contributed by atoms with Crippen LogP contribution in [0.5, 0.6) is 46.0 Å². The molecule has 11 rings (SSSR count). The molecule has 0 spiro atoms. The molecule has 10 heteroatoms. The van der Waals surface area contributed by atoms with E-state index < -0.39 is 23.6 Å². The number of unbranched alkanes of at least 4 members (excludes halogenated alkanes) is 4. The molecule has 4 amide bonds. The molecular formula is C74H78N2O8. The monoisotopic (exact) mass is 1120 g/mol. The standard InChI is InChI=1S/C74H78N2O8/c1-15-17-19-37-75-67(77)51-39-55(81-47-29-21-43(22-30-47)71(3,4)5)61-63-57(83-49-33-25-45(26-34-49)73(9,10)11)41-53-60-54(70(80)76(69(53)79)38-20-18-16-2)42-58(84-50-35-27-46(28-36-50)74(12,13)14)64(66(60)63)62-56(40-52(68(75)78)59(51)65(61)62)82-48-31-23-44(24-32-48)72(6,7)8/h21-36,39-42H,15-20,37-38H2,1-14H3. The van der Waals surface area contributed by atoms with E-state index >= 15 is 19.2 Å². The van der Waals surface area contributed by atoms with Crippen LogP contribution in [0, 0.1) is 0 Å². The molecule has 2 aliphatic heterocycles. The number of carbonyl (C=O) groups excluding carboxylic acids is 4. The average molecular weight is 1120 g/mol. The van der Waals surface area contributed by atoms with Gasteiger partial charge in [-0.15, -0.1) is 0 Å². The number of benzene rings is 9. The maximum Gasteiger partial charge on any atom is 0.261 e. The quantitative estimate of drug-likeness (QED) is 0.0407. The molecule has 84 heavy (non-hydrogen) atoms. The number of fused-ring (bicyclic) bond motifs is 2. The van der Waals surface area contributed by atoms with Gasteiger partial charge in [-0.05, 0) is 130 Å². The molecule has 0 radical (unpaired) electrons. The largest absolute Gasteiger partial charge is 0.457 e. The first-order valence-corrected chi connectivity index (χ1v) is 30.0. The van der Waals surface area contributed by atoms with Crippen molar-refractivity contribution >= 4 is 66.7 Å². The molecule has 2 aliphatic rings. The molecule has 9 aromatic rings. The summed E-state index contributed by atoms with van der Waals surface area (Å²) in [5.74, 6) is 1.42. The van der Waals surface area contributed by atoms with E-state index in [2.05, 4.69) is 96.9 Å². The molecule has 0 saturated carbocycles. The Kier molecular flexibility index (Phi) is 14.7. The van der Waals surface area contributed by atoms with Gasteiger partial charge in [-0.2, -0.15) is 0 Å². The van der Waals surface area contributed by atoms with Crippen LogP contribution in [0.2, 0.25) is 0 Å². The maximum absolute atomic E-state index is 15.5. The van der Waals surface area contributed by atoms with Crippen molar-refractivity contribution in [3.05, 3.63) is 166 Å². The number of ether oxygens (including phenoxy) is 4. The highest BCUT2D eigenvalue weighted by Gasteiger charge is 2.41. The van der Waals surface area contributed by atoms with E-state index in [1.165, 1.54) is 9.80 Å². The molecule has 0 aliphatic carbocycles. The van der Waals surface area contributed by atoms with Crippen LogP contribution >= 0.6 is 0 Å². The molecule has 10 nitrogen and oxygen atoms in total. The highest BCUT2D eigenvalue weighted by Crippen LogP contribution is 2.58. The Balaban J connectivity index is 1.35. The van der Waals surface area contributed by atoms with Crippen molar-refractivity contribution in [1.82, 2.24) is 9.80 Å². The zero-order valence-corrected chi connectivity index (χ0v) is 51.4. The molecule has 0 saturated heterocycles. The zero-order valence-electron chi connectivity index (χ0n) is 51.4. The van der Waals surface area contributed by atoms with E-state index in [4.69, 9.17) is 18.9 Å². The van der Waals surface area contributed by atoms with Gasteiger partial charge in [0.2, 0.25) is 0 Å². The van der Waals surface area contributed by atoms with Crippen molar-refractivity contribution in [2.45, 2.75) is 157 Å². The number of rotatable bonds is 16. The maximum atomic E-state index is 15.5. The van der Waals surface area contributed by atoms with Crippen LogP contribution in [0.3, 0.4) is 0 Å². The van der Waals surface area contributed by atoms with Crippen LogP contribution in [0.15, 0.2) is 121 Å². The van der Waals surface area contributed by atoms with Crippen molar-refractivity contribution in [2.75, 3.05) is 13.1 Å². The fourth-order valence-corrected chi connectivity index (χ4v) is 12.0. The molecule has 0 aromatic heterocycles. The summed E-state index contributed by atoms with van der Waals surface area (Å²) in [4.78, 5) is 64.5. The molecule has 0 bridgehead atoms. The number of hydrogen-bond donors (Lipinski definition) is 0. The van der Waals surface area contributed by atoms with Gasteiger partial charge in [0.25, 0.3) is 23.6 Å². The lowest BCUT2D eigenvalue weighted by molar-refractivity contribution is 0.0592. The second-order valence-electron chi connectivity index (χ2n) is 27.1. The van der Waals surface area contributed by atoms with Crippen LogP contribution in [-0.4, -0.2) is 46.5 Å². The Morgan fingerprint density at radius 2 is 0.512 bits per heavy atom. The Labute approximate surface area is 494 Å². The molecule has 9 aromatic carbocycles. The number of carbonyl (C=O) groups is 4. The molecule has 0 N–H and O–H groups in total. The minimum atomic E-state index is -0.443. The number of amides is 4. The van der Waals surface area contributed by atoms with E-state index in [1.807, 2.05) is 97.1 Å². The van der Waals surface area contributed by atoms with E-state index in [-0.39, 0.29) is 57.0 Å². The topological polar surface area (TPSA) is 112 Å². The Morgan fingerprint density at radius 3 is 0.702 bits per heavy atom. The number of nitrogens with zero attached hydrogens (tertiary/aromatic N) is 2. The van der Waals surface area contributed by atoms with Crippen LogP contribution in [0.1, 0.15) is 199 Å². The first-order chi connectivity index (χ1) is 39.8. The lowest BCUT2D eigenvalue weighted by Crippen LogP contribution is -2.41. The second kappa shape index (κ2) is 21.4. The van der Waals surface area contributed by atoms with Gasteiger partial charge in [0.15, 0.2) is 0 Å². The minimum absolute atomic E-state index is 0.154. The summed E-state index contributed by atoms with van der Waals surface area (Å²) in [6.45, 7) is 30.5. The normalized spacial score (nSPS) is 14.0. The van der Waals surface area contributed by atoms with E-state index in [1.54, 1.807) is 24.3 Å². The van der Waals surface area contributed by atoms with Gasteiger partial charge < -0.3 is 18.9 Å². The summed E-state index contributed by atoms with van der Waals surface area (Å²) in [6.07, 6.45) is 4.68. The number of hydrogen-bond acceptors (Lipinski definition) is 8. The fraction of sp³-hybridized carbons (Fsp3) is 0.351. The first-order valence-electron chi connectivity index (χ1n) is 30.0. The smallest absolute Gasteiger partial charge is 0.261 e. The predicted octanol–water partition coefficient (Wildman–Crippen LogP) is 19.7. The number of imide groups is 2. The summed E-state index contributed by atoms with van der Waals surface area (Å²) in [7, 11) is 0. The lowest BCUT2D eigenvalue weighted by atomic mass is 9.80. The predicted molar refractivity (Wildman–Crippen MR) is 338 cm³/mol. The third-order valence-corrected chi connectivity index (χ3v) is 16.8. The average Bonchev–Trinajstić information content (AvgIpc) is 0.701. The Bertz CT molecular complexity index is 3560. The van der Waals surface area contributed by atoms with E-state index in [0.717, 1.165) is 47.9 Å². The van der Waals surface area contributed by atoms with Crippen molar-refractivity contribution in [3.8, 4) is 46.0 Å². The Morgan fingerprint density at radius 1 is 0.298 bits per heavy atom. The van der Waals surface area contributed by atoms with Gasteiger partial charge in [-0.1, -0.05) is 171 Å². The molecular weight excluding hydrogens is 1040 g/mol. The highest BCUT2D eigenvalue weighted by molar-refractivity contribution is 6.44. The summed E-state index contributed by atoms with van der Waals surface area (Å²) in [5, 5.41) is 3.78.